The molecular formula is C24H25F5N8O. The van der Waals surface area contributed by atoms with Crippen molar-refractivity contribution in [2.45, 2.75) is 56.4 Å². The second-order valence-corrected chi connectivity index (χ2v) is 9.70. The number of methoxy groups -OCH3 is 1. The van der Waals surface area contributed by atoms with Gasteiger partial charge in [-0.2, -0.15) is 4.98 Å². The Balaban J connectivity index is 1.29. The van der Waals surface area contributed by atoms with Gasteiger partial charge in [0.15, 0.2) is 0 Å². The lowest BCUT2D eigenvalue weighted by Gasteiger charge is -2.46. The molecule has 1 aromatic carbocycles. The Labute approximate surface area is 217 Å². The van der Waals surface area contributed by atoms with Gasteiger partial charge in [0.25, 0.3) is 12.3 Å². The monoisotopic (exact) mass is 539 g/mol. The second kappa shape index (κ2) is 9.33. The number of hydrogen-bond donors (Lipinski definition) is 1. The minimum atomic E-state index is -2.88. The summed E-state index contributed by atoms with van der Waals surface area (Å²) in [6, 6.07) is 5.42. The van der Waals surface area contributed by atoms with E-state index in [1.807, 2.05) is 0 Å². The van der Waals surface area contributed by atoms with Crippen LogP contribution in [-0.4, -0.2) is 85.2 Å². The van der Waals surface area contributed by atoms with Gasteiger partial charge in [-0.05, 0) is 30.2 Å². The number of hydrogen-bond acceptors (Lipinski definition) is 7. The van der Waals surface area contributed by atoms with E-state index in [0.29, 0.717) is 35.1 Å². The zero-order valence-electron chi connectivity index (χ0n) is 22.9. The molecule has 14 heteroatoms. The summed E-state index contributed by atoms with van der Waals surface area (Å²) in [6.45, 7) is -0.261. The summed E-state index contributed by atoms with van der Waals surface area (Å²) >= 11 is 0. The molecule has 1 N–H and O–H groups in total. The van der Waals surface area contributed by atoms with E-state index in [2.05, 4.69) is 25.7 Å². The number of ether oxygens (including phenoxy) is 1. The summed E-state index contributed by atoms with van der Waals surface area (Å²) in [4.78, 5) is 5.98. The first-order chi connectivity index (χ1) is 19.3. The van der Waals surface area contributed by atoms with Crippen LogP contribution in [0, 0.1) is 0 Å². The molecule has 9 nitrogen and oxygen atoms in total. The molecule has 4 aromatic rings. The van der Waals surface area contributed by atoms with E-state index in [1.165, 1.54) is 10.7 Å². The number of fused-ring (bicyclic) bond motifs is 2. The van der Waals surface area contributed by atoms with Crippen molar-refractivity contribution in [2.75, 3.05) is 25.4 Å². The number of halogens is 5. The lowest BCUT2D eigenvalue weighted by Crippen LogP contribution is -2.57. The van der Waals surface area contributed by atoms with E-state index in [1.54, 1.807) is 29.2 Å². The van der Waals surface area contributed by atoms with Crippen LogP contribution in [0.3, 0.4) is 0 Å². The molecule has 0 unspecified atom stereocenters. The summed E-state index contributed by atoms with van der Waals surface area (Å²) < 4.78 is 98.2. The van der Waals surface area contributed by atoms with Gasteiger partial charge in [-0.3, -0.25) is 4.90 Å². The molecule has 0 amide bonds. The maximum absolute atomic E-state index is 15.1. The smallest absolute Gasteiger partial charge is 0.258 e. The van der Waals surface area contributed by atoms with Crippen LogP contribution in [0.25, 0.3) is 27.7 Å². The summed E-state index contributed by atoms with van der Waals surface area (Å²) in [5, 5.41) is 15.0. The van der Waals surface area contributed by atoms with Gasteiger partial charge in [-0.1, -0.05) is 11.3 Å². The van der Waals surface area contributed by atoms with Gasteiger partial charge in [0, 0.05) is 43.7 Å². The Bertz CT molecular complexity index is 1570. The van der Waals surface area contributed by atoms with Crippen molar-refractivity contribution in [3.63, 3.8) is 0 Å². The molecule has 2 aliphatic rings. The van der Waals surface area contributed by atoms with Crippen LogP contribution < -0.4 is 10.1 Å². The number of anilines is 1. The first-order valence-corrected chi connectivity index (χ1v) is 12.1. The van der Waals surface area contributed by atoms with Crippen molar-refractivity contribution < 1.29 is 30.8 Å². The number of rotatable bonds is 7. The molecule has 1 aliphatic carbocycles. The number of nitrogens with one attached hydrogen (secondary N) is 1. The lowest BCUT2D eigenvalue weighted by atomic mass is 9.85. The topological polar surface area (TPSA) is 85.4 Å². The first kappa shape index (κ1) is 21.4. The maximum atomic E-state index is 15.1. The Hall–Kier alpha value is -3.55. The Morgan fingerprint density at radius 1 is 1.26 bits per heavy atom. The molecule has 202 valence electrons. The fraction of sp³-hybridized carbons (Fsp3) is 0.500. The molecule has 4 heterocycles. The number of aromatic nitrogens is 6. The third-order valence-corrected chi connectivity index (χ3v) is 7.18. The average molecular weight is 540 g/mol. The Kier molecular flexibility index (Phi) is 5.25. The van der Waals surface area contributed by atoms with Gasteiger partial charge in [-0.25, -0.2) is 31.1 Å². The zero-order valence-corrected chi connectivity index (χ0v) is 19.9. The fourth-order valence-electron chi connectivity index (χ4n) is 5.23. The third-order valence-electron chi connectivity index (χ3n) is 7.18. The van der Waals surface area contributed by atoms with E-state index in [-0.39, 0.29) is 42.8 Å². The molecule has 38 heavy (non-hydrogen) atoms. The van der Waals surface area contributed by atoms with E-state index in [4.69, 9.17) is 8.85 Å². The molecule has 2 fully saturated rings. The van der Waals surface area contributed by atoms with Gasteiger partial charge < -0.3 is 10.1 Å². The summed E-state index contributed by atoms with van der Waals surface area (Å²) in [7, 11) is -2.88. The minimum Gasteiger partial charge on any atom is -0.479 e. The molecule has 2 atom stereocenters. The van der Waals surface area contributed by atoms with Crippen LogP contribution in [0.2, 0.25) is 0 Å². The van der Waals surface area contributed by atoms with Crippen molar-refractivity contribution in [3.05, 3.63) is 30.5 Å². The molecular weight excluding hydrogens is 511 g/mol. The predicted molar refractivity (Wildman–Crippen MR) is 129 cm³/mol. The summed E-state index contributed by atoms with van der Waals surface area (Å²) in [5.41, 5.74) is 1.92. The summed E-state index contributed by atoms with van der Waals surface area (Å²) in [6.07, 6.45) is -2.76. The van der Waals surface area contributed by atoms with Crippen molar-refractivity contribution in [2.24, 2.45) is 0 Å². The predicted octanol–water partition coefficient (Wildman–Crippen LogP) is 4.04. The van der Waals surface area contributed by atoms with Gasteiger partial charge in [0.2, 0.25) is 11.8 Å². The minimum absolute atomic E-state index is 0.0214. The highest BCUT2D eigenvalue weighted by Crippen LogP contribution is 2.41. The molecule has 1 aliphatic heterocycles. The van der Waals surface area contributed by atoms with Gasteiger partial charge >= 0.3 is 0 Å². The van der Waals surface area contributed by atoms with E-state index >= 15 is 4.39 Å². The molecule has 1 saturated carbocycles. The Morgan fingerprint density at radius 3 is 2.84 bits per heavy atom. The number of alkyl halides is 5. The van der Waals surface area contributed by atoms with Gasteiger partial charge in [0.05, 0.1) is 22.7 Å². The normalized spacial score (nSPS) is 23.8. The number of nitrogens with zero attached hydrogens (tertiary/aromatic N) is 7. The number of likely N-dealkylation sites (tertiary alicyclic amines) is 1. The zero-order chi connectivity index (χ0) is 29.1. The molecule has 3 aromatic heterocycles. The lowest BCUT2D eigenvalue weighted by molar-refractivity contribution is -0.131. The highest BCUT2D eigenvalue weighted by Gasteiger charge is 2.49. The quantitative estimate of drug-likeness (QED) is 0.355. The number of piperidine rings is 1. The standard InChI is InChI=1S/C24H25F5N8O/c1-38-22-21-15(13-2-3-18-19(8-13)37(34-32-18)12-20(26)27)4-7-36(21)33-23(31-22)30-17-5-6-35(11-16(17)25)14-9-24(28,29)10-14/h2-4,7-8,14,16-17,20H,5-6,9-12H2,1H3,(H,30,33)/t16-,17+/m1/s1/i1D3. The largest absolute Gasteiger partial charge is 0.479 e. The van der Waals surface area contributed by atoms with Crippen LogP contribution in [0.4, 0.5) is 27.9 Å². The molecule has 0 radical (unpaired) electrons. The van der Waals surface area contributed by atoms with Crippen LogP contribution in [0.1, 0.15) is 23.4 Å². The van der Waals surface area contributed by atoms with Crippen LogP contribution >= 0.6 is 0 Å². The highest BCUT2D eigenvalue weighted by molar-refractivity contribution is 5.89. The SMILES string of the molecule is [2H]C([2H])([2H])Oc1nc(N[C@H]2CCN(C3CC(F)(F)C3)C[C@H]2F)nn2ccc(-c3ccc4nnn(CC(F)F)c4c3)c12. The maximum Gasteiger partial charge on any atom is 0.258 e. The van der Waals surface area contributed by atoms with Crippen LogP contribution in [0.5, 0.6) is 5.88 Å². The second-order valence-electron chi connectivity index (χ2n) is 9.70. The summed E-state index contributed by atoms with van der Waals surface area (Å²) in [5.74, 6) is -3.07. The van der Waals surface area contributed by atoms with Crippen LogP contribution in [-0.2, 0) is 6.54 Å². The van der Waals surface area contributed by atoms with Gasteiger partial charge in [0.1, 0.15) is 23.7 Å². The van der Waals surface area contributed by atoms with E-state index in [9.17, 15) is 17.6 Å². The van der Waals surface area contributed by atoms with Crippen molar-refractivity contribution >= 4 is 22.5 Å². The Morgan fingerprint density at radius 2 is 2.11 bits per heavy atom. The first-order valence-electron chi connectivity index (χ1n) is 13.6. The highest BCUT2D eigenvalue weighted by atomic mass is 19.3. The molecule has 0 spiro atoms. The number of benzene rings is 1. The molecule has 1 saturated heterocycles. The third kappa shape index (κ3) is 4.50. The van der Waals surface area contributed by atoms with Crippen molar-refractivity contribution in [3.8, 4) is 17.0 Å². The molecule has 6 rings (SSSR count). The average Bonchev–Trinajstić information content (AvgIpc) is 3.46. The van der Waals surface area contributed by atoms with Crippen LogP contribution in [0.15, 0.2) is 30.5 Å². The fourth-order valence-corrected chi connectivity index (χ4v) is 5.23. The molecule has 0 bridgehead atoms. The van der Waals surface area contributed by atoms with Crippen molar-refractivity contribution in [1.29, 1.82) is 0 Å². The van der Waals surface area contributed by atoms with E-state index in [0.717, 1.165) is 4.68 Å². The van der Waals surface area contributed by atoms with E-state index < -0.39 is 38.1 Å². The van der Waals surface area contributed by atoms with Gasteiger partial charge in [-0.15, -0.1) is 10.2 Å². The van der Waals surface area contributed by atoms with Crippen molar-refractivity contribution in [1.82, 2.24) is 34.5 Å².